The van der Waals surface area contributed by atoms with E-state index in [4.69, 9.17) is 0 Å². The second-order valence-corrected chi connectivity index (χ2v) is 5.88. The predicted molar refractivity (Wildman–Crippen MR) is 68.5 cm³/mol. The summed E-state index contributed by atoms with van der Waals surface area (Å²) >= 11 is 0. The van der Waals surface area contributed by atoms with E-state index in [1.54, 1.807) is 0 Å². The molecule has 1 aromatic carbocycles. The fourth-order valence-corrected chi connectivity index (χ4v) is 3.60. The molecule has 2 aliphatic carbocycles. The van der Waals surface area contributed by atoms with Gasteiger partial charge in [0, 0.05) is 6.04 Å². The fraction of sp³-hybridized carbons (Fsp3) is 0.600. The van der Waals surface area contributed by atoms with Crippen molar-refractivity contribution in [2.45, 2.75) is 51.0 Å². The minimum atomic E-state index is -1.39. The number of anilines is 1. The minimum Gasteiger partial charge on any atom is -0.379 e. The fourth-order valence-electron chi connectivity index (χ4n) is 3.60. The normalized spacial score (nSPS) is 25.1. The van der Waals surface area contributed by atoms with Crippen molar-refractivity contribution < 1.29 is 13.2 Å². The molecule has 0 amide bonds. The van der Waals surface area contributed by atoms with Crippen LogP contribution in [0.4, 0.5) is 18.9 Å². The van der Waals surface area contributed by atoms with Gasteiger partial charge in [0.15, 0.2) is 17.5 Å². The summed E-state index contributed by atoms with van der Waals surface area (Å²) in [5, 5.41) is 3.09. The van der Waals surface area contributed by atoms with Crippen molar-refractivity contribution in [3.05, 3.63) is 29.6 Å². The van der Waals surface area contributed by atoms with Crippen molar-refractivity contribution in [2.75, 3.05) is 5.32 Å². The lowest BCUT2D eigenvalue weighted by Gasteiger charge is -2.52. The second kappa shape index (κ2) is 4.73. The van der Waals surface area contributed by atoms with Crippen molar-refractivity contribution in [3.63, 3.8) is 0 Å². The first-order chi connectivity index (χ1) is 9.12. The minimum absolute atomic E-state index is 0.0912. The zero-order valence-corrected chi connectivity index (χ0v) is 10.8. The van der Waals surface area contributed by atoms with Crippen LogP contribution in [0.2, 0.25) is 0 Å². The summed E-state index contributed by atoms with van der Waals surface area (Å²) in [5.74, 6) is -3.62. The van der Waals surface area contributed by atoms with Crippen LogP contribution in [0.15, 0.2) is 12.1 Å². The molecular weight excluding hydrogens is 251 g/mol. The molecule has 0 bridgehead atoms. The van der Waals surface area contributed by atoms with Crippen LogP contribution in [0, 0.1) is 22.9 Å². The maximum atomic E-state index is 13.7. The molecule has 2 fully saturated rings. The smallest absolute Gasteiger partial charge is 0.196 e. The second-order valence-electron chi connectivity index (χ2n) is 5.88. The molecule has 3 rings (SSSR count). The van der Waals surface area contributed by atoms with E-state index in [0.717, 1.165) is 31.7 Å². The Hall–Kier alpha value is -1.19. The SMILES string of the molecule is Fc1ccc(NC2CCC23CCCCC3)c(F)c1F. The van der Waals surface area contributed by atoms with Crippen LogP contribution in [0.25, 0.3) is 0 Å². The average Bonchev–Trinajstić information content (AvgIpc) is 2.44. The molecule has 1 N–H and O–H groups in total. The van der Waals surface area contributed by atoms with E-state index in [9.17, 15) is 13.2 Å². The first-order valence-corrected chi connectivity index (χ1v) is 7.02. The predicted octanol–water partition coefficient (Wildman–Crippen LogP) is 4.63. The Kier molecular flexibility index (Phi) is 3.19. The molecular formula is C15H18F3N. The summed E-state index contributed by atoms with van der Waals surface area (Å²) in [4.78, 5) is 0. The Labute approximate surface area is 111 Å². The molecule has 1 spiro atoms. The topological polar surface area (TPSA) is 12.0 Å². The van der Waals surface area contributed by atoms with Gasteiger partial charge in [-0.2, -0.15) is 0 Å². The summed E-state index contributed by atoms with van der Waals surface area (Å²) in [6.45, 7) is 0. The molecule has 1 aromatic rings. The summed E-state index contributed by atoms with van der Waals surface area (Å²) in [5.41, 5.74) is 0.351. The number of benzene rings is 1. The van der Waals surface area contributed by atoms with E-state index in [0.29, 0.717) is 0 Å². The molecule has 1 atom stereocenters. The lowest BCUT2D eigenvalue weighted by atomic mass is 9.57. The van der Waals surface area contributed by atoms with E-state index in [1.807, 2.05) is 0 Å². The molecule has 104 valence electrons. The van der Waals surface area contributed by atoms with Gasteiger partial charge in [-0.05, 0) is 43.2 Å². The summed E-state index contributed by atoms with van der Waals surface area (Å²) < 4.78 is 39.8. The maximum absolute atomic E-state index is 13.7. The Balaban J connectivity index is 1.77. The lowest BCUT2D eigenvalue weighted by Crippen LogP contribution is -2.50. The first kappa shape index (κ1) is 12.8. The van der Waals surface area contributed by atoms with Gasteiger partial charge in [-0.3, -0.25) is 0 Å². The number of rotatable bonds is 2. The van der Waals surface area contributed by atoms with Gasteiger partial charge in [0.25, 0.3) is 0 Å². The zero-order chi connectivity index (χ0) is 13.5. The molecule has 0 saturated heterocycles. The van der Waals surface area contributed by atoms with Crippen molar-refractivity contribution >= 4 is 5.69 Å². The zero-order valence-electron chi connectivity index (χ0n) is 10.8. The Morgan fingerprint density at radius 3 is 2.32 bits per heavy atom. The van der Waals surface area contributed by atoms with Gasteiger partial charge in [0.05, 0.1) is 5.69 Å². The molecule has 2 aliphatic rings. The van der Waals surface area contributed by atoms with Crippen molar-refractivity contribution in [2.24, 2.45) is 5.41 Å². The van der Waals surface area contributed by atoms with Gasteiger partial charge in [-0.15, -0.1) is 0 Å². The van der Waals surface area contributed by atoms with Gasteiger partial charge in [-0.25, -0.2) is 13.2 Å². The third kappa shape index (κ3) is 2.11. The third-order valence-electron chi connectivity index (χ3n) is 4.88. The summed E-state index contributed by atoms with van der Waals surface area (Å²) in [6.07, 6.45) is 8.19. The van der Waals surface area contributed by atoms with Crippen molar-refractivity contribution in [1.82, 2.24) is 0 Å². The first-order valence-electron chi connectivity index (χ1n) is 7.02. The van der Waals surface area contributed by atoms with Crippen molar-refractivity contribution in [3.8, 4) is 0 Å². The third-order valence-corrected chi connectivity index (χ3v) is 4.88. The number of hydrogen-bond acceptors (Lipinski definition) is 1. The molecule has 19 heavy (non-hydrogen) atoms. The van der Waals surface area contributed by atoms with Crippen LogP contribution in [0.5, 0.6) is 0 Å². The summed E-state index contributed by atoms with van der Waals surface area (Å²) in [6, 6.07) is 2.47. The van der Waals surface area contributed by atoms with Crippen LogP contribution in [0.1, 0.15) is 44.9 Å². The van der Waals surface area contributed by atoms with Crippen molar-refractivity contribution in [1.29, 1.82) is 0 Å². The van der Waals surface area contributed by atoms with Crippen LogP contribution in [-0.2, 0) is 0 Å². The highest BCUT2D eigenvalue weighted by molar-refractivity contribution is 5.47. The molecule has 0 radical (unpaired) electrons. The van der Waals surface area contributed by atoms with Gasteiger partial charge in [0.1, 0.15) is 0 Å². The number of nitrogens with one attached hydrogen (secondary N) is 1. The lowest BCUT2D eigenvalue weighted by molar-refractivity contribution is 0.0569. The Bertz CT molecular complexity index is 481. The Morgan fingerprint density at radius 1 is 0.947 bits per heavy atom. The largest absolute Gasteiger partial charge is 0.379 e. The molecule has 4 heteroatoms. The van der Waals surface area contributed by atoms with E-state index in [1.165, 1.54) is 25.3 Å². The number of halogens is 3. The van der Waals surface area contributed by atoms with Gasteiger partial charge in [-0.1, -0.05) is 19.3 Å². The van der Waals surface area contributed by atoms with Crippen LogP contribution < -0.4 is 5.32 Å². The standard InChI is InChI=1S/C15H18F3N/c16-10-4-5-11(14(18)13(10)17)19-12-6-9-15(12)7-2-1-3-8-15/h4-5,12,19H,1-3,6-9H2. The van der Waals surface area contributed by atoms with E-state index in [-0.39, 0.29) is 17.1 Å². The van der Waals surface area contributed by atoms with E-state index in [2.05, 4.69) is 5.32 Å². The van der Waals surface area contributed by atoms with Gasteiger partial charge < -0.3 is 5.32 Å². The van der Waals surface area contributed by atoms with E-state index >= 15 is 0 Å². The average molecular weight is 269 g/mol. The highest BCUT2D eigenvalue weighted by atomic mass is 19.2. The molecule has 0 heterocycles. The molecule has 2 saturated carbocycles. The van der Waals surface area contributed by atoms with Gasteiger partial charge >= 0.3 is 0 Å². The van der Waals surface area contributed by atoms with Crippen LogP contribution >= 0.6 is 0 Å². The maximum Gasteiger partial charge on any atom is 0.196 e. The molecule has 0 aromatic heterocycles. The van der Waals surface area contributed by atoms with Crippen LogP contribution in [0.3, 0.4) is 0 Å². The Morgan fingerprint density at radius 2 is 1.68 bits per heavy atom. The molecule has 0 aliphatic heterocycles. The monoisotopic (exact) mass is 269 g/mol. The molecule has 1 nitrogen and oxygen atoms in total. The van der Waals surface area contributed by atoms with Crippen LogP contribution in [-0.4, -0.2) is 6.04 Å². The molecule has 1 unspecified atom stereocenters. The number of hydrogen-bond donors (Lipinski definition) is 1. The highest BCUT2D eigenvalue weighted by Gasteiger charge is 2.47. The van der Waals surface area contributed by atoms with Gasteiger partial charge in [0.2, 0.25) is 0 Å². The summed E-state index contributed by atoms with van der Waals surface area (Å²) in [7, 11) is 0. The van der Waals surface area contributed by atoms with E-state index < -0.39 is 17.5 Å². The highest BCUT2D eigenvalue weighted by Crippen LogP contribution is 2.52. The quantitative estimate of drug-likeness (QED) is 0.772.